The van der Waals surface area contributed by atoms with E-state index in [9.17, 15) is 4.79 Å². The zero-order chi connectivity index (χ0) is 13.1. The summed E-state index contributed by atoms with van der Waals surface area (Å²) in [7, 11) is 0. The Morgan fingerprint density at radius 1 is 1.17 bits per heavy atom. The lowest BCUT2D eigenvalue weighted by molar-refractivity contribution is -0.134. The number of morpholine rings is 1. The van der Waals surface area contributed by atoms with Crippen LogP contribution in [0.15, 0.2) is 12.1 Å². The first-order valence-corrected chi connectivity index (χ1v) is 6.50. The fraction of sp³-hybridized carbons (Fsp3) is 0.533. The van der Waals surface area contributed by atoms with Crippen LogP contribution in [0.5, 0.6) is 0 Å². The van der Waals surface area contributed by atoms with Crippen molar-refractivity contribution in [1.29, 1.82) is 0 Å². The molecule has 0 bridgehead atoms. The number of nitrogens with zero attached hydrogens (tertiary/aromatic N) is 1. The summed E-state index contributed by atoms with van der Waals surface area (Å²) in [6.07, 6.45) is 0.512. The summed E-state index contributed by atoms with van der Waals surface area (Å²) >= 11 is 0. The number of hydrogen-bond acceptors (Lipinski definition) is 2. The molecule has 1 fully saturated rings. The highest BCUT2D eigenvalue weighted by Crippen LogP contribution is 2.18. The molecule has 98 valence electrons. The first-order valence-electron chi connectivity index (χ1n) is 6.50. The Morgan fingerprint density at radius 2 is 1.72 bits per heavy atom. The monoisotopic (exact) mass is 247 g/mol. The van der Waals surface area contributed by atoms with Gasteiger partial charge in [0.15, 0.2) is 0 Å². The van der Waals surface area contributed by atoms with E-state index in [1.54, 1.807) is 0 Å². The van der Waals surface area contributed by atoms with Crippen molar-refractivity contribution in [3.8, 4) is 0 Å². The second kappa shape index (κ2) is 5.53. The summed E-state index contributed by atoms with van der Waals surface area (Å²) < 4.78 is 5.27. The van der Waals surface area contributed by atoms with Gasteiger partial charge in [0, 0.05) is 13.1 Å². The molecule has 3 heteroatoms. The summed E-state index contributed by atoms with van der Waals surface area (Å²) in [4.78, 5) is 14.1. The Labute approximate surface area is 109 Å². The van der Waals surface area contributed by atoms with E-state index in [1.165, 1.54) is 22.3 Å². The summed E-state index contributed by atoms with van der Waals surface area (Å²) in [5.41, 5.74) is 4.87. The molecule has 0 saturated carbocycles. The number of carbonyl (C=O) groups is 1. The fourth-order valence-corrected chi connectivity index (χ4v) is 2.56. The van der Waals surface area contributed by atoms with Crippen LogP contribution < -0.4 is 0 Å². The molecule has 1 saturated heterocycles. The quantitative estimate of drug-likeness (QED) is 0.800. The second-order valence-electron chi connectivity index (χ2n) is 5.05. The van der Waals surface area contributed by atoms with E-state index in [0.29, 0.717) is 19.6 Å². The Bertz CT molecular complexity index is 425. The highest BCUT2D eigenvalue weighted by molar-refractivity contribution is 5.79. The third-order valence-corrected chi connectivity index (χ3v) is 3.53. The number of carbonyl (C=O) groups excluding carboxylic acids is 1. The molecule has 1 amide bonds. The molecular weight excluding hydrogens is 226 g/mol. The molecule has 0 unspecified atom stereocenters. The average Bonchev–Trinajstić information content (AvgIpc) is 2.34. The topological polar surface area (TPSA) is 29.5 Å². The van der Waals surface area contributed by atoms with Crippen LogP contribution in [0, 0.1) is 20.8 Å². The summed E-state index contributed by atoms with van der Waals surface area (Å²) in [6.45, 7) is 9.04. The number of rotatable bonds is 2. The predicted octanol–water partition coefficient (Wildman–Crippen LogP) is 2.01. The van der Waals surface area contributed by atoms with Gasteiger partial charge >= 0.3 is 0 Å². The van der Waals surface area contributed by atoms with Crippen molar-refractivity contribution < 1.29 is 9.53 Å². The minimum atomic E-state index is 0.216. The zero-order valence-electron chi connectivity index (χ0n) is 11.5. The number of aryl methyl sites for hydroxylation is 3. The third kappa shape index (κ3) is 2.91. The molecular formula is C15H21NO2. The molecule has 1 aromatic carbocycles. The molecule has 1 aliphatic rings. The Morgan fingerprint density at radius 3 is 2.28 bits per heavy atom. The molecule has 2 rings (SSSR count). The van der Waals surface area contributed by atoms with Crippen molar-refractivity contribution in [3.05, 3.63) is 34.4 Å². The van der Waals surface area contributed by atoms with Crippen molar-refractivity contribution in [2.24, 2.45) is 0 Å². The van der Waals surface area contributed by atoms with E-state index in [-0.39, 0.29) is 5.91 Å². The van der Waals surface area contributed by atoms with Crippen LogP contribution in [0.2, 0.25) is 0 Å². The van der Waals surface area contributed by atoms with Crippen LogP contribution in [0.1, 0.15) is 22.3 Å². The van der Waals surface area contributed by atoms with Crippen molar-refractivity contribution in [2.45, 2.75) is 27.2 Å². The van der Waals surface area contributed by atoms with Crippen molar-refractivity contribution in [1.82, 2.24) is 4.90 Å². The lowest BCUT2D eigenvalue weighted by Gasteiger charge is -2.27. The van der Waals surface area contributed by atoms with Crippen LogP contribution in [-0.2, 0) is 16.0 Å². The summed E-state index contributed by atoms with van der Waals surface area (Å²) in [5, 5.41) is 0. The Kier molecular flexibility index (Phi) is 4.02. The maximum Gasteiger partial charge on any atom is 0.227 e. The third-order valence-electron chi connectivity index (χ3n) is 3.53. The van der Waals surface area contributed by atoms with Crippen LogP contribution in [0.25, 0.3) is 0 Å². The van der Waals surface area contributed by atoms with Gasteiger partial charge in [-0.3, -0.25) is 4.79 Å². The van der Waals surface area contributed by atoms with E-state index in [1.807, 2.05) is 4.90 Å². The highest BCUT2D eigenvalue weighted by atomic mass is 16.5. The molecule has 0 aliphatic carbocycles. The van der Waals surface area contributed by atoms with Gasteiger partial charge in [0.25, 0.3) is 0 Å². The standard InChI is InChI=1S/C15H21NO2/c1-11-8-12(2)14(13(3)9-11)10-15(17)16-4-6-18-7-5-16/h8-9H,4-7,10H2,1-3H3. The van der Waals surface area contributed by atoms with Gasteiger partial charge in [-0.2, -0.15) is 0 Å². The first-order chi connectivity index (χ1) is 8.58. The summed E-state index contributed by atoms with van der Waals surface area (Å²) in [6, 6.07) is 4.30. The van der Waals surface area contributed by atoms with Gasteiger partial charge in [-0.1, -0.05) is 17.7 Å². The largest absolute Gasteiger partial charge is 0.378 e. The van der Waals surface area contributed by atoms with Crippen LogP contribution >= 0.6 is 0 Å². The van der Waals surface area contributed by atoms with E-state index < -0.39 is 0 Å². The van der Waals surface area contributed by atoms with Crippen LogP contribution in [0.4, 0.5) is 0 Å². The van der Waals surface area contributed by atoms with Gasteiger partial charge in [0.2, 0.25) is 5.91 Å². The van der Waals surface area contributed by atoms with Crippen LogP contribution in [-0.4, -0.2) is 37.1 Å². The van der Waals surface area contributed by atoms with E-state index in [2.05, 4.69) is 32.9 Å². The lowest BCUT2D eigenvalue weighted by Crippen LogP contribution is -2.41. The Hall–Kier alpha value is -1.35. The summed E-state index contributed by atoms with van der Waals surface area (Å²) in [5.74, 6) is 0.216. The SMILES string of the molecule is Cc1cc(C)c(CC(=O)N2CCOCC2)c(C)c1. The molecule has 0 radical (unpaired) electrons. The molecule has 1 aliphatic heterocycles. The maximum atomic E-state index is 12.2. The Balaban J connectivity index is 2.11. The second-order valence-corrected chi connectivity index (χ2v) is 5.05. The van der Waals surface area contributed by atoms with E-state index in [0.717, 1.165) is 13.1 Å². The first kappa shape index (κ1) is 13.1. The van der Waals surface area contributed by atoms with Crippen molar-refractivity contribution >= 4 is 5.91 Å². The molecule has 0 aromatic heterocycles. The van der Waals surface area contributed by atoms with Crippen LogP contribution in [0.3, 0.4) is 0 Å². The smallest absolute Gasteiger partial charge is 0.227 e. The number of amides is 1. The number of hydrogen-bond donors (Lipinski definition) is 0. The van der Waals surface area contributed by atoms with Crippen molar-refractivity contribution in [3.63, 3.8) is 0 Å². The lowest BCUT2D eigenvalue weighted by atomic mass is 9.97. The molecule has 1 aromatic rings. The maximum absolute atomic E-state index is 12.2. The van der Waals surface area contributed by atoms with Gasteiger partial charge in [0.05, 0.1) is 19.6 Å². The number of ether oxygens (including phenoxy) is 1. The van der Waals surface area contributed by atoms with Gasteiger partial charge < -0.3 is 9.64 Å². The van der Waals surface area contributed by atoms with Gasteiger partial charge in [-0.25, -0.2) is 0 Å². The van der Waals surface area contributed by atoms with Gasteiger partial charge in [0.1, 0.15) is 0 Å². The normalized spacial score (nSPS) is 15.8. The highest BCUT2D eigenvalue weighted by Gasteiger charge is 2.18. The number of benzene rings is 1. The average molecular weight is 247 g/mol. The van der Waals surface area contributed by atoms with E-state index >= 15 is 0 Å². The fourth-order valence-electron chi connectivity index (χ4n) is 2.56. The predicted molar refractivity (Wildman–Crippen MR) is 71.8 cm³/mol. The zero-order valence-corrected chi connectivity index (χ0v) is 11.5. The minimum absolute atomic E-state index is 0.216. The minimum Gasteiger partial charge on any atom is -0.378 e. The van der Waals surface area contributed by atoms with Gasteiger partial charge in [-0.15, -0.1) is 0 Å². The molecule has 3 nitrogen and oxygen atoms in total. The molecule has 0 atom stereocenters. The molecule has 1 heterocycles. The van der Waals surface area contributed by atoms with Crippen molar-refractivity contribution in [2.75, 3.05) is 26.3 Å². The molecule has 0 N–H and O–H groups in total. The van der Waals surface area contributed by atoms with E-state index in [4.69, 9.17) is 4.74 Å². The van der Waals surface area contributed by atoms with Gasteiger partial charge in [-0.05, 0) is 37.5 Å². The molecule has 18 heavy (non-hydrogen) atoms. The molecule has 0 spiro atoms.